The van der Waals surface area contributed by atoms with E-state index in [4.69, 9.17) is 15.7 Å². The van der Waals surface area contributed by atoms with Crippen molar-refractivity contribution in [2.75, 3.05) is 13.1 Å². The predicted octanol–water partition coefficient (Wildman–Crippen LogP) is 0.580. The van der Waals surface area contributed by atoms with E-state index >= 15 is 0 Å². The zero-order valence-corrected chi connectivity index (χ0v) is 8.81. The molecular weight excluding hydrogens is 182 g/mol. The summed E-state index contributed by atoms with van der Waals surface area (Å²) in [7, 11) is 0. The summed E-state index contributed by atoms with van der Waals surface area (Å²) in [6.45, 7) is 5.67. The fourth-order valence-corrected chi connectivity index (χ4v) is 1.67. The van der Waals surface area contributed by atoms with E-state index in [9.17, 15) is 0 Å². The van der Waals surface area contributed by atoms with Crippen LogP contribution in [0.2, 0.25) is 0 Å². The van der Waals surface area contributed by atoms with Crippen molar-refractivity contribution in [1.82, 2.24) is 4.90 Å². The average molecular weight is 201 g/mol. The number of ether oxygens (including phenoxy) is 1. The number of oxime groups is 1. The van der Waals surface area contributed by atoms with Crippen LogP contribution in [-0.2, 0) is 4.74 Å². The van der Waals surface area contributed by atoms with Crippen LogP contribution in [0.3, 0.4) is 0 Å². The van der Waals surface area contributed by atoms with Gasteiger partial charge in [-0.2, -0.15) is 0 Å². The Kier molecular flexibility index (Phi) is 4.00. The van der Waals surface area contributed by atoms with E-state index < -0.39 is 0 Å². The summed E-state index contributed by atoms with van der Waals surface area (Å²) in [5.41, 5.74) is 5.48. The molecule has 0 aromatic rings. The Hall–Kier alpha value is -0.970. The molecule has 14 heavy (non-hydrogen) atoms. The van der Waals surface area contributed by atoms with Crippen molar-refractivity contribution >= 4 is 5.96 Å². The molecule has 0 aliphatic carbocycles. The van der Waals surface area contributed by atoms with Crippen LogP contribution < -0.4 is 5.73 Å². The summed E-state index contributed by atoms with van der Waals surface area (Å²) < 4.78 is 5.68. The summed E-state index contributed by atoms with van der Waals surface area (Å²) in [4.78, 5) is 1.86. The zero-order valence-electron chi connectivity index (χ0n) is 8.81. The molecule has 1 aliphatic rings. The Bertz CT molecular complexity index is 198. The first-order valence-electron chi connectivity index (χ1n) is 5.01. The monoisotopic (exact) mass is 201 g/mol. The third-order valence-electron chi connectivity index (χ3n) is 2.33. The molecule has 1 aliphatic heterocycles. The molecule has 1 fully saturated rings. The minimum atomic E-state index is 0.202. The summed E-state index contributed by atoms with van der Waals surface area (Å²) in [5, 5.41) is 11.5. The first-order chi connectivity index (χ1) is 6.63. The highest BCUT2D eigenvalue weighted by atomic mass is 16.5. The Morgan fingerprint density at radius 3 is 2.50 bits per heavy atom. The summed E-state index contributed by atoms with van der Waals surface area (Å²) in [6.07, 6.45) is 2.47. The second-order valence-corrected chi connectivity index (χ2v) is 3.83. The molecule has 0 amide bonds. The molecule has 0 atom stereocenters. The first kappa shape index (κ1) is 11.1. The van der Waals surface area contributed by atoms with E-state index in [0.29, 0.717) is 6.10 Å². The van der Waals surface area contributed by atoms with Gasteiger partial charge in [0.25, 0.3) is 0 Å². The molecular formula is C9H19N3O2. The zero-order chi connectivity index (χ0) is 10.6. The van der Waals surface area contributed by atoms with Crippen molar-refractivity contribution < 1.29 is 9.94 Å². The topological polar surface area (TPSA) is 71.1 Å². The van der Waals surface area contributed by atoms with Gasteiger partial charge in [0.05, 0.1) is 12.2 Å². The van der Waals surface area contributed by atoms with Gasteiger partial charge in [-0.05, 0) is 26.7 Å². The molecule has 0 saturated carbocycles. The molecule has 5 heteroatoms. The number of hydrogen-bond donors (Lipinski definition) is 2. The lowest BCUT2D eigenvalue weighted by Crippen LogP contribution is -2.44. The molecule has 0 radical (unpaired) electrons. The summed E-state index contributed by atoms with van der Waals surface area (Å²) in [6, 6.07) is 0. The highest BCUT2D eigenvalue weighted by Crippen LogP contribution is 2.14. The van der Waals surface area contributed by atoms with Crippen LogP contribution in [0.5, 0.6) is 0 Å². The van der Waals surface area contributed by atoms with Gasteiger partial charge in [0, 0.05) is 13.1 Å². The van der Waals surface area contributed by atoms with E-state index in [1.807, 2.05) is 18.7 Å². The smallest absolute Gasteiger partial charge is 0.233 e. The number of nitrogens with two attached hydrogens (primary N) is 1. The molecule has 5 nitrogen and oxygen atoms in total. The molecule has 0 aromatic heterocycles. The van der Waals surface area contributed by atoms with Crippen molar-refractivity contribution in [3.63, 3.8) is 0 Å². The maximum atomic E-state index is 8.49. The van der Waals surface area contributed by atoms with Gasteiger partial charge in [-0.1, -0.05) is 5.16 Å². The van der Waals surface area contributed by atoms with Crippen LogP contribution in [0, 0.1) is 0 Å². The largest absolute Gasteiger partial charge is 0.408 e. The van der Waals surface area contributed by atoms with Crippen LogP contribution in [-0.4, -0.2) is 41.4 Å². The second kappa shape index (κ2) is 5.05. The van der Waals surface area contributed by atoms with Gasteiger partial charge < -0.3 is 20.6 Å². The minimum absolute atomic E-state index is 0.202. The molecule has 0 bridgehead atoms. The fraction of sp³-hybridized carbons (Fsp3) is 0.889. The van der Waals surface area contributed by atoms with Gasteiger partial charge in [-0.3, -0.25) is 0 Å². The number of piperidine rings is 1. The maximum Gasteiger partial charge on any atom is 0.233 e. The summed E-state index contributed by atoms with van der Waals surface area (Å²) >= 11 is 0. The molecule has 0 unspecified atom stereocenters. The van der Waals surface area contributed by atoms with Gasteiger partial charge in [0.15, 0.2) is 0 Å². The van der Waals surface area contributed by atoms with Crippen LogP contribution in [0.15, 0.2) is 5.16 Å². The van der Waals surface area contributed by atoms with E-state index in [1.54, 1.807) is 0 Å². The van der Waals surface area contributed by atoms with Gasteiger partial charge >= 0.3 is 0 Å². The standard InChI is InChI=1S/C9H19N3O2/c1-7(2)14-8-3-5-12(6-4-8)9(10)11-13/h7-8,13H,3-6H2,1-2H3,(H2,10,11). The SMILES string of the molecule is CC(C)OC1CCN(/C(N)=N/O)CC1. The van der Waals surface area contributed by atoms with Crippen molar-refractivity contribution in [1.29, 1.82) is 0 Å². The first-order valence-corrected chi connectivity index (χ1v) is 5.01. The molecule has 82 valence electrons. The quantitative estimate of drug-likeness (QED) is 0.297. The van der Waals surface area contributed by atoms with E-state index in [2.05, 4.69) is 5.16 Å². The van der Waals surface area contributed by atoms with Gasteiger partial charge in [0.2, 0.25) is 5.96 Å². The highest BCUT2D eigenvalue weighted by Gasteiger charge is 2.21. The van der Waals surface area contributed by atoms with Crippen molar-refractivity contribution in [2.24, 2.45) is 10.9 Å². The van der Waals surface area contributed by atoms with E-state index in [-0.39, 0.29) is 12.1 Å². The third-order valence-corrected chi connectivity index (χ3v) is 2.33. The van der Waals surface area contributed by atoms with Crippen LogP contribution in [0.4, 0.5) is 0 Å². The minimum Gasteiger partial charge on any atom is -0.408 e. The Morgan fingerprint density at radius 2 is 2.07 bits per heavy atom. The third kappa shape index (κ3) is 3.06. The molecule has 1 rings (SSSR count). The van der Waals surface area contributed by atoms with Crippen LogP contribution >= 0.6 is 0 Å². The van der Waals surface area contributed by atoms with Gasteiger partial charge in [0.1, 0.15) is 0 Å². The van der Waals surface area contributed by atoms with E-state index in [0.717, 1.165) is 25.9 Å². The normalized spacial score (nSPS) is 20.5. The average Bonchev–Trinajstić information content (AvgIpc) is 2.17. The molecule has 0 spiro atoms. The fourth-order valence-electron chi connectivity index (χ4n) is 1.67. The van der Waals surface area contributed by atoms with Crippen molar-refractivity contribution in [3.05, 3.63) is 0 Å². The number of guanidine groups is 1. The number of likely N-dealkylation sites (tertiary alicyclic amines) is 1. The molecule has 1 heterocycles. The molecule has 1 saturated heterocycles. The van der Waals surface area contributed by atoms with E-state index in [1.165, 1.54) is 0 Å². The lowest BCUT2D eigenvalue weighted by molar-refractivity contribution is -0.0187. The molecule has 3 N–H and O–H groups in total. The Morgan fingerprint density at radius 1 is 1.50 bits per heavy atom. The van der Waals surface area contributed by atoms with Crippen LogP contribution in [0.1, 0.15) is 26.7 Å². The van der Waals surface area contributed by atoms with Crippen LogP contribution in [0.25, 0.3) is 0 Å². The van der Waals surface area contributed by atoms with Crippen molar-refractivity contribution in [3.8, 4) is 0 Å². The second-order valence-electron chi connectivity index (χ2n) is 3.83. The Labute approximate surface area is 84.5 Å². The lowest BCUT2D eigenvalue weighted by atomic mass is 10.1. The molecule has 0 aromatic carbocycles. The lowest BCUT2D eigenvalue weighted by Gasteiger charge is -2.32. The number of rotatable bonds is 2. The highest BCUT2D eigenvalue weighted by molar-refractivity contribution is 5.77. The van der Waals surface area contributed by atoms with Gasteiger partial charge in [-0.25, -0.2) is 0 Å². The number of nitrogens with zero attached hydrogens (tertiary/aromatic N) is 2. The number of hydrogen-bond acceptors (Lipinski definition) is 3. The summed E-state index contributed by atoms with van der Waals surface area (Å²) in [5.74, 6) is 0.202. The van der Waals surface area contributed by atoms with Crippen molar-refractivity contribution in [2.45, 2.75) is 38.9 Å². The van der Waals surface area contributed by atoms with Gasteiger partial charge in [-0.15, -0.1) is 0 Å². The maximum absolute atomic E-state index is 8.49. The predicted molar refractivity (Wildman–Crippen MR) is 54.2 cm³/mol. The Balaban J connectivity index is 2.31.